The van der Waals surface area contributed by atoms with Crippen molar-refractivity contribution in [3.63, 3.8) is 0 Å². The number of carbonyl (C=O) groups excluding carboxylic acids is 2. The van der Waals surface area contributed by atoms with Crippen molar-refractivity contribution < 1.29 is 18.0 Å². The second-order valence-corrected chi connectivity index (χ2v) is 10.4. The molecule has 0 saturated carbocycles. The Balaban J connectivity index is 2.48. The fourth-order valence-corrected chi connectivity index (χ4v) is 4.78. The zero-order valence-electron chi connectivity index (χ0n) is 18.5. The van der Waals surface area contributed by atoms with Gasteiger partial charge in [0.05, 0.1) is 11.9 Å². The number of sulfonamides is 1. The summed E-state index contributed by atoms with van der Waals surface area (Å²) in [4.78, 5) is 27.6. The molecule has 11 heteroatoms. The Labute approximate surface area is 209 Å². The Morgan fingerprint density at radius 3 is 2.06 bits per heavy atom. The van der Waals surface area contributed by atoms with Gasteiger partial charge < -0.3 is 10.2 Å². The maximum absolute atomic E-state index is 13.5. The predicted octanol–water partition coefficient (Wildman–Crippen LogP) is 4.36. The van der Waals surface area contributed by atoms with Gasteiger partial charge in [-0.05, 0) is 49.7 Å². The van der Waals surface area contributed by atoms with Crippen LogP contribution in [0, 0.1) is 0 Å². The van der Waals surface area contributed by atoms with Crippen LogP contribution in [0.3, 0.4) is 0 Å². The molecule has 0 heterocycles. The van der Waals surface area contributed by atoms with Crippen molar-refractivity contribution in [3.8, 4) is 0 Å². The highest BCUT2D eigenvalue weighted by atomic mass is 35.5. The number of amides is 2. The normalized spacial score (nSPS) is 12.2. The fraction of sp³-hybridized carbons (Fsp3) is 0.364. The van der Waals surface area contributed by atoms with Gasteiger partial charge in [0.2, 0.25) is 21.8 Å². The monoisotopic (exact) mass is 533 g/mol. The van der Waals surface area contributed by atoms with Crippen molar-refractivity contribution in [2.24, 2.45) is 0 Å². The zero-order valence-corrected chi connectivity index (χ0v) is 21.6. The van der Waals surface area contributed by atoms with Gasteiger partial charge in [0.25, 0.3) is 0 Å². The lowest BCUT2D eigenvalue weighted by molar-refractivity contribution is -0.140. The van der Waals surface area contributed by atoms with Crippen molar-refractivity contribution in [2.45, 2.75) is 32.9 Å². The van der Waals surface area contributed by atoms with Crippen molar-refractivity contribution in [1.82, 2.24) is 10.2 Å². The van der Waals surface area contributed by atoms with Crippen molar-refractivity contribution >= 4 is 62.3 Å². The van der Waals surface area contributed by atoms with E-state index < -0.39 is 28.5 Å². The lowest BCUT2D eigenvalue weighted by atomic mass is 10.1. The maximum atomic E-state index is 13.5. The summed E-state index contributed by atoms with van der Waals surface area (Å²) in [5, 5.41) is 3.82. The average Bonchev–Trinajstić information content (AvgIpc) is 2.74. The van der Waals surface area contributed by atoms with Crippen LogP contribution in [0.1, 0.15) is 25.8 Å². The molecule has 2 amide bonds. The first kappa shape index (κ1) is 27.2. The molecule has 7 nitrogen and oxygen atoms in total. The molecule has 0 saturated heterocycles. The Bertz CT molecular complexity index is 1070. The minimum atomic E-state index is -3.82. The van der Waals surface area contributed by atoms with Gasteiger partial charge in [0.1, 0.15) is 12.6 Å². The first-order chi connectivity index (χ1) is 15.5. The lowest BCUT2D eigenvalue weighted by Crippen LogP contribution is -2.52. The molecular weight excluding hydrogens is 509 g/mol. The van der Waals surface area contributed by atoms with Gasteiger partial charge in [-0.15, -0.1) is 0 Å². The molecular formula is C22H26Cl3N3O4S. The predicted molar refractivity (Wildman–Crippen MR) is 133 cm³/mol. The van der Waals surface area contributed by atoms with E-state index in [-0.39, 0.29) is 18.1 Å². The van der Waals surface area contributed by atoms with Crippen molar-refractivity contribution in [3.05, 3.63) is 63.1 Å². The van der Waals surface area contributed by atoms with Crippen LogP contribution in [0.2, 0.25) is 15.1 Å². The van der Waals surface area contributed by atoms with E-state index in [1.54, 1.807) is 32.0 Å². The number of nitrogens with zero attached hydrogens (tertiary/aromatic N) is 2. The topological polar surface area (TPSA) is 86.8 Å². The summed E-state index contributed by atoms with van der Waals surface area (Å²) in [6.07, 6.45) is 1.31. The molecule has 180 valence electrons. The fourth-order valence-electron chi connectivity index (χ4n) is 3.29. The van der Waals surface area contributed by atoms with Gasteiger partial charge in [-0.2, -0.15) is 0 Å². The van der Waals surface area contributed by atoms with Gasteiger partial charge in [-0.25, -0.2) is 8.42 Å². The van der Waals surface area contributed by atoms with Crippen molar-refractivity contribution in [1.29, 1.82) is 0 Å². The highest BCUT2D eigenvalue weighted by Crippen LogP contribution is 2.28. The first-order valence-corrected chi connectivity index (χ1v) is 13.2. The second kappa shape index (κ2) is 11.9. The standard InChI is InChI=1S/C22H26Cl3N3O4S/c1-4-20(22(30)26-5-2)27(13-17-18(24)7-6-8-19(17)25)21(29)14-28(33(3,31)32)16-11-9-15(23)10-12-16/h6-12,20H,4-5,13-14H2,1-3H3,(H,26,30)/t20-/m1/s1. The van der Waals surface area contributed by atoms with Gasteiger partial charge in [0.15, 0.2) is 0 Å². The summed E-state index contributed by atoms with van der Waals surface area (Å²) < 4.78 is 26.0. The lowest BCUT2D eigenvalue weighted by Gasteiger charge is -2.33. The van der Waals surface area contributed by atoms with Gasteiger partial charge in [0, 0.05) is 33.7 Å². The second-order valence-electron chi connectivity index (χ2n) is 7.29. The largest absolute Gasteiger partial charge is 0.355 e. The number of hydrogen-bond donors (Lipinski definition) is 1. The number of likely N-dealkylation sites (N-methyl/N-ethyl adjacent to an activating group) is 1. The molecule has 0 aliphatic rings. The van der Waals surface area contributed by atoms with E-state index in [9.17, 15) is 18.0 Å². The van der Waals surface area contributed by atoms with Crippen LogP contribution in [0.5, 0.6) is 0 Å². The molecule has 0 spiro atoms. The van der Waals surface area contributed by atoms with Crippen LogP contribution in [-0.2, 0) is 26.2 Å². The number of nitrogens with one attached hydrogen (secondary N) is 1. The van der Waals surface area contributed by atoms with Gasteiger partial charge >= 0.3 is 0 Å². The smallest absolute Gasteiger partial charge is 0.244 e. The highest BCUT2D eigenvalue weighted by Gasteiger charge is 2.32. The van der Waals surface area contributed by atoms with E-state index >= 15 is 0 Å². The molecule has 1 atom stereocenters. The van der Waals surface area contributed by atoms with E-state index in [2.05, 4.69) is 5.32 Å². The Morgan fingerprint density at radius 2 is 1.58 bits per heavy atom. The third-order valence-corrected chi connectivity index (χ3v) is 7.02. The molecule has 0 aliphatic heterocycles. The van der Waals surface area contributed by atoms with Crippen LogP contribution in [-0.4, -0.2) is 50.5 Å². The number of anilines is 1. The summed E-state index contributed by atoms with van der Waals surface area (Å²) >= 11 is 18.5. The molecule has 2 rings (SSSR count). The molecule has 0 bridgehead atoms. The Kier molecular flexibility index (Phi) is 9.84. The van der Waals surface area contributed by atoms with Crippen LogP contribution < -0.4 is 9.62 Å². The molecule has 1 N–H and O–H groups in total. The van der Waals surface area contributed by atoms with E-state index in [0.717, 1.165) is 10.6 Å². The summed E-state index contributed by atoms with van der Waals surface area (Å²) in [7, 11) is -3.82. The maximum Gasteiger partial charge on any atom is 0.244 e. The number of rotatable bonds is 10. The number of benzene rings is 2. The number of hydrogen-bond acceptors (Lipinski definition) is 4. The molecule has 0 aliphatic carbocycles. The summed E-state index contributed by atoms with van der Waals surface area (Å²) in [6, 6.07) is 10.2. The molecule has 0 aromatic heterocycles. The van der Waals surface area contributed by atoms with Crippen LogP contribution >= 0.6 is 34.8 Å². The molecule has 33 heavy (non-hydrogen) atoms. The average molecular weight is 535 g/mol. The Morgan fingerprint density at radius 1 is 1.00 bits per heavy atom. The zero-order chi connectivity index (χ0) is 24.8. The van der Waals surface area contributed by atoms with E-state index in [1.807, 2.05) is 0 Å². The van der Waals surface area contributed by atoms with Gasteiger partial charge in [-0.1, -0.05) is 47.8 Å². The summed E-state index contributed by atoms with van der Waals surface area (Å²) in [5.74, 6) is -0.932. The Hall–Kier alpha value is -2.00. The minimum absolute atomic E-state index is 0.0643. The third kappa shape index (κ3) is 7.24. The number of carbonyl (C=O) groups is 2. The molecule has 2 aromatic rings. The molecule has 2 aromatic carbocycles. The van der Waals surface area contributed by atoms with Crippen LogP contribution in [0.4, 0.5) is 5.69 Å². The van der Waals surface area contributed by atoms with E-state index in [1.165, 1.54) is 29.2 Å². The molecule has 0 fully saturated rings. The quantitative estimate of drug-likeness (QED) is 0.491. The molecule has 0 radical (unpaired) electrons. The summed E-state index contributed by atoms with van der Waals surface area (Å²) in [6.45, 7) is 3.34. The SMILES string of the molecule is CCNC(=O)[C@@H](CC)N(Cc1c(Cl)cccc1Cl)C(=O)CN(c1ccc(Cl)cc1)S(C)(=O)=O. The van der Waals surface area contributed by atoms with E-state index in [0.29, 0.717) is 33.6 Å². The highest BCUT2D eigenvalue weighted by molar-refractivity contribution is 7.92. The minimum Gasteiger partial charge on any atom is -0.355 e. The number of halogens is 3. The summed E-state index contributed by atoms with van der Waals surface area (Å²) in [5.41, 5.74) is 0.742. The first-order valence-electron chi connectivity index (χ1n) is 10.2. The van der Waals surface area contributed by atoms with Crippen LogP contribution in [0.25, 0.3) is 0 Å². The van der Waals surface area contributed by atoms with Crippen LogP contribution in [0.15, 0.2) is 42.5 Å². The van der Waals surface area contributed by atoms with Gasteiger partial charge in [-0.3, -0.25) is 13.9 Å². The van der Waals surface area contributed by atoms with Crippen molar-refractivity contribution in [2.75, 3.05) is 23.7 Å². The van der Waals surface area contributed by atoms with E-state index in [4.69, 9.17) is 34.8 Å². The molecule has 0 unspecified atom stereocenters. The third-order valence-electron chi connectivity index (χ3n) is 4.92.